The van der Waals surface area contributed by atoms with Crippen LogP contribution in [-0.2, 0) is 19.1 Å². The van der Waals surface area contributed by atoms with Crippen molar-refractivity contribution in [2.45, 2.75) is 161 Å². The fraction of sp³-hybridized carbons (Fsp3) is 0.628. The fourth-order valence-electron chi connectivity index (χ4n) is 4.81. The van der Waals surface area contributed by atoms with Gasteiger partial charge in [0, 0.05) is 12.8 Å². The molecule has 48 heavy (non-hydrogen) atoms. The van der Waals surface area contributed by atoms with Crippen molar-refractivity contribution in [3.63, 3.8) is 0 Å². The van der Waals surface area contributed by atoms with Gasteiger partial charge in [-0.05, 0) is 77.0 Å². The lowest BCUT2D eigenvalue weighted by molar-refractivity contribution is -0.161. The largest absolute Gasteiger partial charge is 0.462 e. The fourth-order valence-corrected chi connectivity index (χ4v) is 4.81. The molecule has 0 aromatic carbocycles. The zero-order chi connectivity index (χ0) is 35.0. The molecular weight excluding hydrogens is 596 g/mol. The quantitative estimate of drug-likeness (QED) is 0.0429. The van der Waals surface area contributed by atoms with E-state index in [0.29, 0.717) is 12.8 Å². The maximum Gasteiger partial charge on any atom is 0.306 e. The summed E-state index contributed by atoms with van der Waals surface area (Å²) < 4.78 is 10.5. The summed E-state index contributed by atoms with van der Waals surface area (Å²) in [7, 11) is 0. The SMILES string of the molecule is CC/C=C/C/C=C/C/C=C/C/C=C/C/C=C/C/C=C/CCC(=O)O[C@@H](CO)COC(=O)CCCCCCCCC/C=C/CCCCCC. The average Bonchev–Trinajstić information content (AvgIpc) is 3.09. The van der Waals surface area contributed by atoms with E-state index < -0.39 is 12.1 Å². The summed E-state index contributed by atoms with van der Waals surface area (Å²) in [5, 5.41) is 9.53. The van der Waals surface area contributed by atoms with Crippen molar-refractivity contribution in [3.8, 4) is 0 Å². The summed E-state index contributed by atoms with van der Waals surface area (Å²) in [4.78, 5) is 24.2. The van der Waals surface area contributed by atoms with Crippen LogP contribution < -0.4 is 0 Å². The van der Waals surface area contributed by atoms with Crippen molar-refractivity contribution in [1.29, 1.82) is 0 Å². The van der Waals surface area contributed by atoms with Crippen LogP contribution in [0, 0.1) is 0 Å². The molecule has 0 saturated carbocycles. The summed E-state index contributed by atoms with van der Waals surface area (Å²) in [5.41, 5.74) is 0. The first kappa shape index (κ1) is 45.1. The summed E-state index contributed by atoms with van der Waals surface area (Å²) in [5.74, 6) is -0.702. The van der Waals surface area contributed by atoms with Crippen LogP contribution in [0.2, 0.25) is 0 Å². The first-order chi connectivity index (χ1) is 23.6. The first-order valence-corrected chi connectivity index (χ1v) is 19.1. The van der Waals surface area contributed by atoms with Gasteiger partial charge in [0.1, 0.15) is 6.61 Å². The second-order valence-electron chi connectivity index (χ2n) is 12.3. The zero-order valence-corrected chi connectivity index (χ0v) is 30.7. The molecule has 0 aromatic heterocycles. The molecule has 0 aliphatic rings. The second kappa shape index (κ2) is 38.5. The lowest BCUT2D eigenvalue weighted by atomic mass is 10.1. The molecule has 0 amide bonds. The van der Waals surface area contributed by atoms with Gasteiger partial charge in [0.2, 0.25) is 0 Å². The summed E-state index contributed by atoms with van der Waals surface area (Å²) in [6, 6.07) is 0. The smallest absolute Gasteiger partial charge is 0.306 e. The lowest BCUT2D eigenvalue weighted by Crippen LogP contribution is -2.28. The topological polar surface area (TPSA) is 72.8 Å². The molecule has 1 N–H and O–H groups in total. The van der Waals surface area contributed by atoms with E-state index in [1.165, 1.54) is 64.2 Å². The van der Waals surface area contributed by atoms with E-state index in [4.69, 9.17) is 9.47 Å². The monoisotopic (exact) mass is 667 g/mol. The molecule has 0 saturated heterocycles. The van der Waals surface area contributed by atoms with Crippen molar-refractivity contribution in [1.82, 2.24) is 0 Å². The van der Waals surface area contributed by atoms with Gasteiger partial charge >= 0.3 is 11.9 Å². The number of carbonyl (C=O) groups is 2. The summed E-state index contributed by atoms with van der Waals surface area (Å²) >= 11 is 0. The van der Waals surface area contributed by atoms with E-state index in [2.05, 4.69) is 86.8 Å². The van der Waals surface area contributed by atoms with Gasteiger partial charge in [0.15, 0.2) is 6.10 Å². The van der Waals surface area contributed by atoms with Gasteiger partial charge in [0.25, 0.3) is 0 Å². The molecule has 0 rings (SSSR count). The van der Waals surface area contributed by atoms with Crippen molar-refractivity contribution < 1.29 is 24.2 Å². The highest BCUT2D eigenvalue weighted by atomic mass is 16.6. The predicted molar refractivity (Wildman–Crippen MR) is 205 cm³/mol. The summed E-state index contributed by atoms with van der Waals surface area (Å²) in [6.07, 6.45) is 52.2. The Morgan fingerprint density at radius 3 is 1.44 bits per heavy atom. The van der Waals surface area contributed by atoms with Crippen molar-refractivity contribution in [2.75, 3.05) is 13.2 Å². The zero-order valence-electron chi connectivity index (χ0n) is 30.7. The molecule has 0 aliphatic heterocycles. The molecule has 0 bridgehead atoms. The van der Waals surface area contributed by atoms with E-state index in [-0.39, 0.29) is 25.6 Å². The van der Waals surface area contributed by atoms with Crippen LogP contribution in [0.1, 0.15) is 155 Å². The third-order valence-electron chi connectivity index (χ3n) is 7.69. The first-order valence-electron chi connectivity index (χ1n) is 19.1. The predicted octanol–water partition coefficient (Wildman–Crippen LogP) is 11.9. The molecule has 5 heteroatoms. The molecule has 0 spiro atoms. The van der Waals surface area contributed by atoms with Gasteiger partial charge in [-0.3, -0.25) is 9.59 Å². The highest BCUT2D eigenvalue weighted by molar-refractivity contribution is 5.70. The number of esters is 2. The van der Waals surface area contributed by atoms with E-state index in [1.54, 1.807) is 0 Å². The number of unbranched alkanes of at least 4 members (excludes halogenated alkanes) is 11. The Morgan fingerprint density at radius 1 is 0.500 bits per heavy atom. The number of hydrogen-bond acceptors (Lipinski definition) is 5. The third kappa shape index (κ3) is 35.9. The summed E-state index contributed by atoms with van der Waals surface area (Å²) in [6.45, 7) is 3.92. The third-order valence-corrected chi connectivity index (χ3v) is 7.69. The highest BCUT2D eigenvalue weighted by Gasteiger charge is 2.15. The van der Waals surface area contributed by atoms with Crippen LogP contribution >= 0.6 is 0 Å². The molecule has 0 fully saturated rings. The lowest BCUT2D eigenvalue weighted by Gasteiger charge is -2.15. The van der Waals surface area contributed by atoms with E-state index in [9.17, 15) is 14.7 Å². The Hall–Kier alpha value is -2.92. The minimum atomic E-state index is -0.817. The van der Waals surface area contributed by atoms with Gasteiger partial charge in [0.05, 0.1) is 6.61 Å². The van der Waals surface area contributed by atoms with Crippen LogP contribution in [-0.4, -0.2) is 36.4 Å². The number of carbonyl (C=O) groups excluding carboxylic acids is 2. The molecule has 0 heterocycles. The van der Waals surface area contributed by atoms with E-state index >= 15 is 0 Å². The van der Waals surface area contributed by atoms with Crippen LogP contribution in [0.15, 0.2) is 85.1 Å². The van der Waals surface area contributed by atoms with Gasteiger partial charge in [-0.2, -0.15) is 0 Å². The van der Waals surface area contributed by atoms with Crippen LogP contribution in [0.3, 0.4) is 0 Å². The molecular formula is C43H70O5. The average molecular weight is 667 g/mol. The van der Waals surface area contributed by atoms with Crippen LogP contribution in [0.5, 0.6) is 0 Å². The van der Waals surface area contributed by atoms with E-state index in [1.807, 2.05) is 12.2 Å². The number of aliphatic hydroxyl groups excluding tert-OH is 1. The molecule has 5 nitrogen and oxygen atoms in total. The number of aliphatic hydroxyl groups is 1. The second-order valence-corrected chi connectivity index (χ2v) is 12.3. The Bertz CT molecular complexity index is 937. The molecule has 0 aromatic rings. The molecule has 272 valence electrons. The normalized spacial score (nSPS) is 13.1. The maximum atomic E-state index is 12.1. The minimum absolute atomic E-state index is 0.103. The van der Waals surface area contributed by atoms with Gasteiger partial charge in [-0.25, -0.2) is 0 Å². The Kier molecular flexibility index (Phi) is 36.2. The van der Waals surface area contributed by atoms with Gasteiger partial charge < -0.3 is 14.6 Å². The van der Waals surface area contributed by atoms with Crippen molar-refractivity contribution in [2.24, 2.45) is 0 Å². The Labute approximate surface area is 295 Å². The Balaban J connectivity index is 3.74. The van der Waals surface area contributed by atoms with E-state index in [0.717, 1.165) is 57.8 Å². The molecule has 1 atom stereocenters. The minimum Gasteiger partial charge on any atom is -0.462 e. The number of allylic oxidation sites excluding steroid dienone is 14. The van der Waals surface area contributed by atoms with Gasteiger partial charge in [-0.1, -0.05) is 150 Å². The maximum absolute atomic E-state index is 12.1. The Morgan fingerprint density at radius 2 is 0.938 bits per heavy atom. The highest BCUT2D eigenvalue weighted by Crippen LogP contribution is 2.11. The molecule has 0 unspecified atom stereocenters. The number of rotatable bonds is 33. The number of hydrogen-bond donors (Lipinski definition) is 1. The molecule has 0 aliphatic carbocycles. The standard InChI is InChI=1S/C43H70O5/c1-3-5-7-9-11-13-15-17-19-20-21-22-24-26-28-30-32-34-36-38-43(46)48-41(39-44)40-47-42(45)37-35-33-31-29-27-25-23-18-16-14-12-10-8-6-4-2/h5,7,11,13-14,16-17,19,21-22,26,28,32,34,41,44H,3-4,6,8-10,12,15,18,20,23-25,27,29-31,33,35-40H2,1-2H3/b7-5+,13-11+,16-14+,19-17+,22-21+,28-26+,34-32+/t41-/m0/s1. The number of ether oxygens (including phenoxy) is 2. The molecule has 0 radical (unpaired) electrons. The van der Waals surface area contributed by atoms with Crippen LogP contribution in [0.4, 0.5) is 0 Å². The van der Waals surface area contributed by atoms with Crippen molar-refractivity contribution >= 4 is 11.9 Å². The van der Waals surface area contributed by atoms with Crippen LogP contribution in [0.25, 0.3) is 0 Å². The van der Waals surface area contributed by atoms with Crippen molar-refractivity contribution in [3.05, 3.63) is 85.1 Å². The van der Waals surface area contributed by atoms with Gasteiger partial charge in [-0.15, -0.1) is 0 Å².